The molecule has 1 N–H and O–H groups in total. The predicted molar refractivity (Wildman–Crippen MR) is 106 cm³/mol. The van der Waals surface area contributed by atoms with Gasteiger partial charge in [-0.3, -0.25) is 9.78 Å². The van der Waals surface area contributed by atoms with Crippen molar-refractivity contribution in [3.63, 3.8) is 0 Å². The number of hydrogen-bond donors (Lipinski definition) is 1. The number of thiophene rings is 1. The minimum Gasteiger partial charge on any atom is -0.495 e. The van der Waals surface area contributed by atoms with Crippen LogP contribution in [0.3, 0.4) is 0 Å². The first-order valence-corrected chi connectivity index (χ1v) is 9.49. The molecule has 0 aliphatic rings. The van der Waals surface area contributed by atoms with E-state index >= 15 is 0 Å². The molecule has 0 radical (unpaired) electrons. The number of hydrogen-bond acceptors (Lipinski definition) is 4. The van der Waals surface area contributed by atoms with Gasteiger partial charge in [-0.1, -0.05) is 35.9 Å². The second kappa shape index (κ2) is 8.34. The van der Waals surface area contributed by atoms with Crippen molar-refractivity contribution >= 4 is 28.8 Å². The summed E-state index contributed by atoms with van der Waals surface area (Å²) in [5, 5.41) is 7.57. The first kappa shape index (κ1) is 18.4. The lowest BCUT2D eigenvalue weighted by atomic mass is 10.0. The average Bonchev–Trinajstić information content (AvgIpc) is 3.17. The third kappa shape index (κ3) is 4.42. The smallest absolute Gasteiger partial charge is 0.224 e. The Labute approximate surface area is 161 Å². The van der Waals surface area contributed by atoms with Gasteiger partial charge in [-0.2, -0.15) is 11.3 Å². The van der Waals surface area contributed by atoms with E-state index in [0.717, 1.165) is 11.1 Å². The molecule has 4 nitrogen and oxygen atoms in total. The van der Waals surface area contributed by atoms with Crippen LogP contribution in [0, 0.1) is 0 Å². The number of ether oxygens (including phenoxy) is 1. The molecule has 0 spiro atoms. The summed E-state index contributed by atoms with van der Waals surface area (Å²) in [6, 6.07) is 11.6. The van der Waals surface area contributed by atoms with Crippen LogP contribution in [0.2, 0.25) is 5.02 Å². The van der Waals surface area contributed by atoms with Crippen molar-refractivity contribution in [3.8, 4) is 16.9 Å². The number of pyridine rings is 1. The van der Waals surface area contributed by atoms with Crippen LogP contribution in [0.5, 0.6) is 5.75 Å². The van der Waals surface area contributed by atoms with E-state index < -0.39 is 0 Å². The van der Waals surface area contributed by atoms with Crippen LogP contribution in [0.4, 0.5) is 0 Å². The normalized spacial score (nSPS) is 11.8. The van der Waals surface area contributed by atoms with Crippen LogP contribution < -0.4 is 10.1 Å². The van der Waals surface area contributed by atoms with E-state index in [-0.39, 0.29) is 11.9 Å². The van der Waals surface area contributed by atoms with Crippen molar-refractivity contribution in [2.75, 3.05) is 7.11 Å². The summed E-state index contributed by atoms with van der Waals surface area (Å²) < 4.78 is 5.19. The Bertz CT molecular complexity index is 879. The highest BCUT2D eigenvalue weighted by atomic mass is 35.5. The lowest BCUT2D eigenvalue weighted by Gasteiger charge is -2.15. The third-order valence-electron chi connectivity index (χ3n) is 4.06. The highest BCUT2D eigenvalue weighted by Crippen LogP contribution is 2.26. The van der Waals surface area contributed by atoms with Crippen molar-refractivity contribution in [2.45, 2.75) is 19.4 Å². The molecule has 0 saturated heterocycles. The van der Waals surface area contributed by atoms with Crippen LogP contribution in [0.25, 0.3) is 11.1 Å². The fraction of sp³-hybridized carbons (Fsp3) is 0.200. The van der Waals surface area contributed by atoms with Gasteiger partial charge in [-0.15, -0.1) is 0 Å². The highest BCUT2D eigenvalue weighted by Gasteiger charge is 2.13. The van der Waals surface area contributed by atoms with Crippen molar-refractivity contribution < 1.29 is 9.53 Å². The SMILES string of the molecule is COc1cc(C(C)NC(=O)Cc2ccc(-c3ccsc3)cc2)ncc1Cl. The molecular weight excluding hydrogens is 368 g/mol. The number of halogens is 1. The zero-order valence-corrected chi connectivity index (χ0v) is 16.1. The lowest BCUT2D eigenvalue weighted by molar-refractivity contribution is -0.121. The zero-order valence-electron chi connectivity index (χ0n) is 14.5. The molecule has 0 aliphatic carbocycles. The van der Waals surface area contributed by atoms with Gasteiger partial charge in [-0.05, 0) is 40.4 Å². The zero-order chi connectivity index (χ0) is 18.5. The monoisotopic (exact) mass is 386 g/mol. The summed E-state index contributed by atoms with van der Waals surface area (Å²) in [7, 11) is 1.55. The molecule has 1 aromatic carbocycles. The second-order valence-electron chi connectivity index (χ2n) is 5.92. The van der Waals surface area contributed by atoms with Gasteiger partial charge in [-0.25, -0.2) is 0 Å². The quantitative estimate of drug-likeness (QED) is 0.656. The van der Waals surface area contributed by atoms with Gasteiger partial charge in [0, 0.05) is 12.3 Å². The van der Waals surface area contributed by atoms with E-state index in [9.17, 15) is 4.79 Å². The topological polar surface area (TPSA) is 51.2 Å². The predicted octanol–water partition coefficient (Wildman–Crippen LogP) is 4.89. The van der Waals surface area contributed by atoms with Crippen LogP contribution >= 0.6 is 22.9 Å². The standard InChI is InChI=1S/C20H19ClN2O2S/c1-13(18-10-19(25-2)17(21)11-22-18)23-20(24)9-14-3-5-15(6-4-14)16-7-8-26-12-16/h3-8,10-13H,9H2,1-2H3,(H,23,24). The molecule has 0 bridgehead atoms. The largest absolute Gasteiger partial charge is 0.495 e. The number of amides is 1. The van der Waals surface area contributed by atoms with Crippen molar-refractivity contribution in [2.24, 2.45) is 0 Å². The van der Waals surface area contributed by atoms with E-state index in [4.69, 9.17) is 16.3 Å². The summed E-state index contributed by atoms with van der Waals surface area (Å²) in [4.78, 5) is 16.6. The molecule has 3 rings (SSSR count). The van der Waals surface area contributed by atoms with Crippen LogP contribution in [-0.4, -0.2) is 18.0 Å². The molecule has 2 heterocycles. The van der Waals surface area contributed by atoms with E-state index in [1.54, 1.807) is 24.5 Å². The Kier molecular flexibility index (Phi) is 5.91. The van der Waals surface area contributed by atoms with Gasteiger partial charge in [0.15, 0.2) is 0 Å². The molecule has 6 heteroatoms. The maximum absolute atomic E-state index is 12.3. The number of carbonyl (C=O) groups excluding carboxylic acids is 1. The van der Waals surface area contributed by atoms with Gasteiger partial charge in [0.2, 0.25) is 5.91 Å². The molecule has 1 amide bonds. The molecule has 3 aromatic rings. The Balaban J connectivity index is 1.61. The Hall–Kier alpha value is -2.37. The third-order valence-corrected chi connectivity index (χ3v) is 5.02. The molecule has 134 valence electrons. The van der Waals surface area contributed by atoms with Gasteiger partial charge < -0.3 is 10.1 Å². The summed E-state index contributed by atoms with van der Waals surface area (Å²) >= 11 is 7.66. The number of nitrogens with zero attached hydrogens (tertiary/aromatic N) is 1. The number of benzene rings is 1. The average molecular weight is 387 g/mol. The molecule has 0 fully saturated rings. The molecule has 26 heavy (non-hydrogen) atoms. The molecule has 0 aliphatic heterocycles. The fourth-order valence-electron chi connectivity index (χ4n) is 2.62. The van der Waals surface area contributed by atoms with Gasteiger partial charge >= 0.3 is 0 Å². The van der Waals surface area contributed by atoms with Gasteiger partial charge in [0.05, 0.1) is 25.3 Å². The summed E-state index contributed by atoms with van der Waals surface area (Å²) in [5.41, 5.74) is 4.02. The number of nitrogens with one attached hydrogen (secondary N) is 1. The van der Waals surface area contributed by atoms with E-state index in [2.05, 4.69) is 27.1 Å². The molecule has 1 atom stereocenters. The molecule has 1 unspecified atom stereocenters. The van der Waals surface area contributed by atoms with Gasteiger partial charge in [0.25, 0.3) is 0 Å². The lowest BCUT2D eigenvalue weighted by Crippen LogP contribution is -2.28. The first-order valence-electron chi connectivity index (χ1n) is 8.17. The number of rotatable bonds is 6. The maximum Gasteiger partial charge on any atom is 0.224 e. The van der Waals surface area contributed by atoms with Crippen LogP contribution in [-0.2, 0) is 11.2 Å². The van der Waals surface area contributed by atoms with Crippen molar-refractivity contribution in [3.05, 3.63) is 69.6 Å². The van der Waals surface area contributed by atoms with E-state index in [1.807, 2.05) is 31.2 Å². The van der Waals surface area contributed by atoms with Gasteiger partial charge in [0.1, 0.15) is 10.8 Å². The minimum absolute atomic E-state index is 0.0588. The fourth-order valence-corrected chi connectivity index (χ4v) is 3.47. The van der Waals surface area contributed by atoms with Crippen LogP contribution in [0.15, 0.2) is 53.4 Å². The second-order valence-corrected chi connectivity index (χ2v) is 7.11. The van der Waals surface area contributed by atoms with E-state index in [1.165, 1.54) is 11.8 Å². The highest BCUT2D eigenvalue weighted by molar-refractivity contribution is 7.08. The summed E-state index contributed by atoms with van der Waals surface area (Å²) in [5.74, 6) is 0.485. The van der Waals surface area contributed by atoms with Crippen molar-refractivity contribution in [1.29, 1.82) is 0 Å². The Morgan fingerprint density at radius 2 is 2.04 bits per heavy atom. The first-order chi connectivity index (χ1) is 12.6. The Morgan fingerprint density at radius 1 is 1.27 bits per heavy atom. The minimum atomic E-state index is -0.237. The van der Waals surface area contributed by atoms with Crippen molar-refractivity contribution in [1.82, 2.24) is 10.3 Å². The number of carbonyl (C=O) groups is 1. The molecule has 0 saturated carbocycles. The number of aromatic nitrogens is 1. The summed E-state index contributed by atoms with van der Waals surface area (Å²) in [6.45, 7) is 1.88. The van der Waals surface area contributed by atoms with Crippen LogP contribution in [0.1, 0.15) is 24.2 Å². The molecule has 2 aromatic heterocycles. The Morgan fingerprint density at radius 3 is 2.69 bits per heavy atom. The summed E-state index contributed by atoms with van der Waals surface area (Å²) in [6.07, 6.45) is 1.85. The maximum atomic E-state index is 12.3. The van der Waals surface area contributed by atoms with E-state index in [0.29, 0.717) is 22.9 Å². The molecular formula is C20H19ClN2O2S. The number of methoxy groups -OCH3 is 1.